The summed E-state index contributed by atoms with van der Waals surface area (Å²) in [6.07, 6.45) is 3.73. The van der Waals surface area contributed by atoms with Crippen LogP contribution in [-0.2, 0) is 12.8 Å². The lowest BCUT2D eigenvalue weighted by atomic mass is 10.1. The quantitative estimate of drug-likeness (QED) is 0.416. The zero-order valence-corrected chi connectivity index (χ0v) is 12.5. The van der Waals surface area contributed by atoms with Crippen molar-refractivity contribution >= 4 is 16.7 Å². The first-order chi connectivity index (χ1) is 11.6. The van der Waals surface area contributed by atoms with Crippen molar-refractivity contribution in [2.75, 3.05) is 0 Å². The fourth-order valence-electron chi connectivity index (χ4n) is 2.99. The van der Waals surface area contributed by atoms with E-state index in [4.69, 9.17) is 9.15 Å². The molecule has 2 aromatic heterocycles. The van der Waals surface area contributed by atoms with Gasteiger partial charge in [-0.2, -0.15) is 0 Å². The molecule has 24 heavy (non-hydrogen) atoms. The summed E-state index contributed by atoms with van der Waals surface area (Å²) in [5.41, 5.74) is 1.90. The van der Waals surface area contributed by atoms with Crippen LogP contribution in [0.1, 0.15) is 17.5 Å². The first-order valence-corrected chi connectivity index (χ1v) is 7.49. The maximum absolute atomic E-state index is 12.0. The predicted octanol–water partition coefficient (Wildman–Crippen LogP) is 3.38. The Labute approximate surface area is 135 Å². The van der Waals surface area contributed by atoms with Gasteiger partial charge in [0, 0.05) is 29.1 Å². The summed E-state index contributed by atoms with van der Waals surface area (Å²) in [6, 6.07) is 8.00. The molecule has 2 heterocycles. The second-order valence-electron chi connectivity index (χ2n) is 5.57. The number of nitro groups is 1. The molecular weight excluding hydrogens is 312 g/mol. The van der Waals surface area contributed by atoms with Gasteiger partial charge in [-0.3, -0.25) is 10.1 Å². The Hall–Kier alpha value is -3.22. The van der Waals surface area contributed by atoms with Crippen LogP contribution in [0.2, 0.25) is 0 Å². The molecule has 0 N–H and O–H groups in total. The first kappa shape index (κ1) is 14.4. The van der Waals surface area contributed by atoms with Crippen molar-refractivity contribution in [3.05, 3.63) is 68.2 Å². The summed E-state index contributed by atoms with van der Waals surface area (Å²) in [5.74, 6) is 0.674. The summed E-state index contributed by atoms with van der Waals surface area (Å²) in [4.78, 5) is 26.0. The van der Waals surface area contributed by atoms with Crippen LogP contribution >= 0.6 is 0 Å². The Kier molecular flexibility index (Phi) is 3.26. The Morgan fingerprint density at radius 3 is 2.75 bits per heavy atom. The van der Waals surface area contributed by atoms with Gasteiger partial charge in [0.2, 0.25) is 5.88 Å². The Balaban J connectivity index is 1.69. The summed E-state index contributed by atoms with van der Waals surface area (Å²) in [5, 5.41) is 11.5. The molecule has 0 aliphatic heterocycles. The Bertz CT molecular complexity index is 1010. The van der Waals surface area contributed by atoms with E-state index in [-0.39, 0.29) is 17.2 Å². The zero-order valence-electron chi connectivity index (χ0n) is 12.5. The molecule has 4 rings (SSSR count). The molecule has 7 heteroatoms. The van der Waals surface area contributed by atoms with Crippen molar-refractivity contribution in [2.45, 2.75) is 19.3 Å². The molecular formula is C17H12N2O5. The molecule has 7 nitrogen and oxygen atoms in total. The Morgan fingerprint density at radius 2 is 2.00 bits per heavy atom. The van der Waals surface area contributed by atoms with Gasteiger partial charge in [-0.05, 0) is 37.0 Å². The zero-order chi connectivity index (χ0) is 16.7. The van der Waals surface area contributed by atoms with E-state index in [0.29, 0.717) is 11.3 Å². The summed E-state index contributed by atoms with van der Waals surface area (Å²) in [6.45, 7) is 0. The van der Waals surface area contributed by atoms with Crippen molar-refractivity contribution in [2.24, 2.45) is 0 Å². The van der Waals surface area contributed by atoms with E-state index >= 15 is 0 Å². The molecule has 0 amide bonds. The van der Waals surface area contributed by atoms with E-state index in [0.717, 1.165) is 42.0 Å². The molecule has 0 atom stereocenters. The molecule has 0 saturated carbocycles. The summed E-state index contributed by atoms with van der Waals surface area (Å²) >= 11 is 0. The van der Waals surface area contributed by atoms with Gasteiger partial charge in [0.25, 0.3) is 5.69 Å². The molecule has 0 saturated heterocycles. The average molecular weight is 324 g/mol. The monoisotopic (exact) mass is 324 g/mol. The van der Waals surface area contributed by atoms with Crippen LogP contribution in [0.4, 0.5) is 5.69 Å². The second-order valence-corrected chi connectivity index (χ2v) is 5.57. The van der Waals surface area contributed by atoms with Gasteiger partial charge in [-0.1, -0.05) is 0 Å². The van der Waals surface area contributed by atoms with Crippen LogP contribution in [0.5, 0.6) is 11.6 Å². The Morgan fingerprint density at radius 1 is 1.17 bits per heavy atom. The van der Waals surface area contributed by atoms with E-state index in [1.165, 1.54) is 12.1 Å². The van der Waals surface area contributed by atoms with Crippen molar-refractivity contribution in [1.82, 2.24) is 4.98 Å². The van der Waals surface area contributed by atoms with E-state index in [9.17, 15) is 14.9 Å². The number of fused-ring (bicyclic) bond motifs is 3. The molecule has 120 valence electrons. The number of hydrogen-bond donors (Lipinski definition) is 0. The van der Waals surface area contributed by atoms with Gasteiger partial charge < -0.3 is 9.15 Å². The van der Waals surface area contributed by atoms with E-state index in [1.54, 1.807) is 12.1 Å². The average Bonchev–Trinajstić information content (AvgIpc) is 3.06. The second kappa shape index (κ2) is 5.45. The number of nitrogens with zero attached hydrogens (tertiary/aromatic N) is 2. The lowest BCUT2D eigenvalue weighted by Crippen LogP contribution is -2.06. The van der Waals surface area contributed by atoms with Gasteiger partial charge in [-0.15, -0.1) is 0 Å². The highest BCUT2D eigenvalue weighted by Gasteiger charge is 2.19. The number of aryl methyl sites for hydroxylation is 1. The number of pyridine rings is 1. The topological polar surface area (TPSA) is 95.5 Å². The van der Waals surface area contributed by atoms with Crippen molar-refractivity contribution in [3.8, 4) is 11.6 Å². The van der Waals surface area contributed by atoms with E-state index < -0.39 is 4.92 Å². The fraction of sp³-hybridized carbons (Fsp3) is 0.176. The van der Waals surface area contributed by atoms with Crippen molar-refractivity contribution in [1.29, 1.82) is 0 Å². The minimum atomic E-state index is -0.526. The highest BCUT2D eigenvalue weighted by atomic mass is 16.6. The molecule has 0 bridgehead atoms. The lowest BCUT2D eigenvalue weighted by molar-refractivity contribution is -0.385. The maximum Gasteiger partial charge on any atom is 0.339 e. The van der Waals surface area contributed by atoms with Crippen LogP contribution in [0.25, 0.3) is 11.0 Å². The minimum Gasteiger partial charge on any atom is -0.439 e. The van der Waals surface area contributed by atoms with Crippen molar-refractivity contribution in [3.63, 3.8) is 0 Å². The summed E-state index contributed by atoms with van der Waals surface area (Å²) in [7, 11) is 0. The highest BCUT2D eigenvalue weighted by molar-refractivity contribution is 5.83. The minimum absolute atomic E-state index is 0.109. The van der Waals surface area contributed by atoms with Gasteiger partial charge >= 0.3 is 5.63 Å². The SMILES string of the molecule is O=c1oc2cc(Oc3ccc([N+](=O)[O-])cn3)ccc2c2c1CCC2. The number of ether oxygens (including phenoxy) is 1. The standard InChI is InChI=1S/C17H12N2O5/c20-17-14-3-1-2-12(14)13-6-5-11(8-15(13)24-17)23-16-7-4-10(9-18-16)19(21)22/h4-9H,1-3H2. The molecule has 1 aliphatic rings. The van der Waals surface area contributed by atoms with Crippen molar-refractivity contribution < 1.29 is 14.1 Å². The maximum atomic E-state index is 12.0. The lowest BCUT2D eigenvalue weighted by Gasteiger charge is -2.07. The number of benzene rings is 1. The predicted molar refractivity (Wildman–Crippen MR) is 85.5 cm³/mol. The normalized spacial score (nSPS) is 13.0. The van der Waals surface area contributed by atoms with Crippen LogP contribution in [0.15, 0.2) is 45.7 Å². The summed E-state index contributed by atoms with van der Waals surface area (Å²) < 4.78 is 11.0. The molecule has 1 aliphatic carbocycles. The van der Waals surface area contributed by atoms with Gasteiger partial charge in [0.1, 0.15) is 17.5 Å². The fourth-order valence-corrected chi connectivity index (χ4v) is 2.99. The number of hydrogen-bond acceptors (Lipinski definition) is 6. The largest absolute Gasteiger partial charge is 0.439 e. The molecule has 0 radical (unpaired) electrons. The van der Waals surface area contributed by atoms with Crippen LogP contribution in [-0.4, -0.2) is 9.91 Å². The molecule has 1 aromatic carbocycles. The van der Waals surface area contributed by atoms with E-state index in [1.807, 2.05) is 6.07 Å². The number of aromatic nitrogens is 1. The number of rotatable bonds is 3. The van der Waals surface area contributed by atoms with Crippen LogP contribution in [0.3, 0.4) is 0 Å². The van der Waals surface area contributed by atoms with Crippen LogP contribution < -0.4 is 10.4 Å². The van der Waals surface area contributed by atoms with Gasteiger partial charge in [0.15, 0.2) is 0 Å². The molecule has 3 aromatic rings. The van der Waals surface area contributed by atoms with Crippen LogP contribution in [0, 0.1) is 10.1 Å². The third kappa shape index (κ3) is 2.40. The third-order valence-corrected chi connectivity index (χ3v) is 4.10. The first-order valence-electron chi connectivity index (χ1n) is 7.49. The van der Waals surface area contributed by atoms with Gasteiger partial charge in [-0.25, -0.2) is 9.78 Å². The third-order valence-electron chi connectivity index (χ3n) is 4.10. The molecule has 0 unspecified atom stereocenters. The molecule has 0 fully saturated rings. The van der Waals surface area contributed by atoms with E-state index in [2.05, 4.69) is 4.98 Å². The smallest absolute Gasteiger partial charge is 0.339 e. The highest BCUT2D eigenvalue weighted by Crippen LogP contribution is 2.31. The molecule has 0 spiro atoms. The van der Waals surface area contributed by atoms with Gasteiger partial charge in [0.05, 0.1) is 4.92 Å².